The molecule has 5 aliphatic rings. The Balaban J connectivity index is 1.74. The van der Waals surface area contributed by atoms with Gasteiger partial charge in [-0.1, -0.05) is 0 Å². The Labute approximate surface area is 89.1 Å². The fraction of sp³-hybridized carbons (Fsp3) is 1.00. The molecule has 1 spiro atoms. The summed E-state index contributed by atoms with van der Waals surface area (Å²) < 4.78 is 18.2. The first-order valence-corrected chi connectivity index (χ1v) is 6.24. The number of fused-ring (bicyclic) bond motifs is 2. The number of ether oxygens (including phenoxy) is 3. The lowest BCUT2D eigenvalue weighted by Gasteiger charge is -2.52. The summed E-state index contributed by atoms with van der Waals surface area (Å²) in [5, 5.41) is 0. The van der Waals surface area contributed by atoms with Crippen molar-refractivity contribution in [2.45, 2.75) is 56.4 Å². The van der Waals surface area contributed by atoms with Crippen molar-refractivity contribution >= 4 is 0 Å². The first-order valence-electron chi connectivity index (χ1n) is 6.24. The third kappa shape index (κ3) is 0.701. The van der Waals surface area contributed by atoms with Gasteiger partial charge in [0.15, 0.2) is 0 Å². The van der Waals surface area contributed by atoms with Gasteiger partial charge in [0.25, 0.3) is 5.97 Å². The average Bonchev–Trinajstić information content (AvgIpc) is 2.69. The zero-order valence-electron chi connectivity index (χ0n) is 8.94. The van der Waals surface area contributed by atoms with Gasteiger partial charge in [0, 0.05) is 12.8 Å². The van der Waals surface area contributed by atoms with E-state index in [1.165, 1.54) is 25.7 Å². The molecule has 0 amide bonds. The van der Waals surface area contributed by atoms with Gasteiger partial charge in [-0.15, -0.1) is 0 Å². The van der Waals surface area contributed by atoms with E-state index in [-0.39, 0.29) is 5.60 Å². The molecule has 0 radical (unpaired) electrons. The molecule has 3 saturated carbocycles. The highest BCUT2D eigenvalue weighted by molar-refractivity contribution is 5.18. The Hall–Kier alpha value is -0.120. The summed E-state index contributed by atoms with van der Waals surface area (Å²) in [6.07, 6.45) is 5.79. The van der Waals surface area contributed by atoms with Crippen LogP contribution < -0.4 is 0 Å². The largest absolute Gasteiger partial charge is 0.322 e. The molecular weight excluding hydrogens is 192 g/mol. The highest BCUT2D eigenvalue weighted by atomic mass is 16.9. The Morgan fingerprint density at radius 3 is 3.00 bits per heavy atom. The lowest BCUT2D eigenvalue weighted by molar-refractivity contribution is -0.402. The molecule has 5 rings (SSSR count). The Bertz CT molecular complexity index is 353. The molecule has 0 aromatic heterocycles. The molecule has 3 aliphatic carbocycles. The normalized spacial score (nSPS) is 73.0. The van der Waals surface area contributed by atoms with Crippen LogP contribution in [-0.4, -0.2) is 23.8 Å². The quantitative estimate of drug-likeness (QED) is 0.606. The number of hydrogen-bond donors (Lipinski definition) is 0. The van der Waals surface area contributed by atoms with E-state index in [9.17, 15) is 0 Å². The van der Waals surface area contributed by atoms with Crippen molar-refractivity contribution < 1.29 is 14.2 Å². The summed E-state index contributed by atoms with van der Waals surface area (Å²) in [5.41, 5.74) is 0.148. The van der Waals surface area contributed by atoms with Crippen LogP contribution in [0.5, 0.6) is 0 Å². The molecule has 0 aromatic rings. The molecule has 4 bridgehead atoms. The van der Waals surface area contributed by atoms with E-state index in [0.29, 0.717) is 18.1 Å². The molecule has 5 fully saturated rings. The third-order valence-electron chi connectivity index (χ3n) is 5.50. The van der Waals surface area contributed by atoms with Gasteiger partial charge in [0.05, 0.1) is 17.8 Å². The zero-order valence-corrected chi connectivity index (χ0v) is 8.94. The summed E-state index contributed by atoms with van der Waals surface area (Å²) in [7, 11) is 0. The van der Waals surface area contributed by atoms with Crippen molar-refractivity contribution in [2.75, 3.05) is 0 Å². The van der Waals surface area contributed by atoms with Crippen LogP contribution in [-0.2, 0) is 14.2 Å². The number of rotatable bonds is 0. The van der Waals surface area contributed by atoms with Gasteiger partial charge in [0.2, 0.25) is 0 Å². The minimum absolute atomic E-state index is 0.148. The first kappa shape index (κ1) is 8.04. The summed E-state index contributed by atoms with van der Waals surface area (Å²) in [5.74, 6) is 1.59. The van der Waals surface area contributed by atoms with Gasteiger partial charge in [-0.2, -0.15) is 0 Å². The van der Waals surface area contributed by atoms with E-state index in [1.807, 2.05) is 6.92 Å². The predicted octanol–water partition coefficient (Wildman–Crippen LogP) is 1.66. The molecule has 3 heteroatoms. The van der Waals surface area contributed by atoms with Crippen LogP contribution in [0, 0.1) is 17.8 Å². The van der Waals surface area contributed by atoms with E-state index < -0.39 is 5.97 Å². The highest BCUT2D eigenvalue weighted by Gasteiger charge is 2.74. The monoisotopic (exact) mass is 208 g/mol. The van der Waals surface area contributed by atoms with E-state index in [1.54, 1.807) is 0 Å². The van der Waals surface area contributed by atoms with E-state index in [0.717, 1.165) is 11.8 Å². The van der Waals surface area contributed by atoms with Crippen molar-refractivity contribution in [2.24, 2.45) is 17.8 Å². The van der Waals surface area contributed by atoms with Gasteiger partial charge in [0.1, 0.15) is 0 Å². The minimum Gasteiger partial charge on any atom is -0.322 e. The smallest absolute Gasteiger partial charge is 0.281 e. The number of hydrogen-bond acceptors (Lipinski definition) is 3. The molecule has 2 heterocycles. The van der Waals surface area contributed by atoms with Crippen molar-refractivity contribution in [1.82, 2.24) is 0 Å². The standard InChI is InChI=1S/C12H16O3/c1-11-13-9-4-7-2-6-3-8(10(9)14-11)12(7,5-6)15-11/h6-10H,2-5H2,1H3. The lowest BCUT2D eigenvalue weighted by atomic mass is 9.65. The molecule has 0 N–H and O–H groups in total. The molecule has 7 unspecified atom stereocenters. The topological polar surface area (TPSA) is 27.7 Å². The van der Waals surface area contributed by atoms with Crippen molar-refractivity contribution in [1.29, 1.82) is 0 Å². The van der Waals surface area contributed by atoms with Gasteiger partial charge >= 0.3 is 0 Å². The third-order valence-corrected chi connectivity index (χ3v) is 5.50. The second-order valence-electron chi connectivity index (χ2n) is 6.24. The van der Waals surface area contributed by atoms with Crippen molar-refractivity contribution in [3.05, 3.63) is 0 Å². The molecule has 2 saturated heterocycles. The Morgan fingerprint density at radius 1 is 1.13 bits per heavy atom. The molecule has 82 valence electrons. The maximum Gasteiger partial charge on any atom is 0.281 e. The van der Waals surface area contributed by atoms with E-state index in [2.05, 4.69) is 0 Å². The SMILES string of the molecule is CC12OC3CC4CC5CC(C3O1)C4(C5)O2. The second-order valence-corrected chi connectivity index (χ2v) is 6.24. The predicted molar refractivity (Wildman–Crippen MR) is 50.9 cm³/mol. The van der Waals surface area contributed by atoms with Crippen molar-refractivity contribution in [3.8, 4) is 0 Å². The molecule has 0 aromatic carbocycles. The summed E-state index contributed by atoms with van der Waals surface area (Å²) in [6, 6.07) is 0. The van der Waals surface area contributed by atoms with E-state index in [4.69, 9.17) is 14.2 Å². The van der Waals surface area contributed by atoms with E-state index >= 15 is 0 Å². The fourth-order valence-corrected chi connectivity index (χ4v) is 5.29. The highest BCUT2D eigenvalue weighted by Crippen LogP contribution is 2.68. The van der Waals surface area contributed by atoms with Gasteiger partial charge in [-0.3, -0.25) is 0 Å². The zero-order chi connectivity index (χ0) is 9.84. The van der Waals surface area contributed by atoms with Crippen LogP contribution in [0.2, 0.25) is 0 Å². The molecule has 3 nitrogen and oxygen atoms in total. The Morgan fingerprint density at radius 2 is 2.07 bits per heavy atom. The first-order chi connectivity index (χ1) is 7.19. The van der Waals surface area contributed by atoms with Crippen LogP contribution in [0.4, 0.5) is 0 Å². The summed E-state index contributed by atoms with van der Waals surface area (Å²) in [6.45, 7) is 1.96. The van der Waals surface area contributed by atoms with Gasteiger partial charge in [-0.05, 0) is 37.5 Å². The molecule has 2 aliphatic heterocycles. The van der Waals surface area contributed by atoms with Crippen LogP contribution in [0.1, 0.15) is 32.6 Å². The van der Waals surface area contributed by atoms with Crippen LogP contribution >= 0.6 is 0 Å². The van der Waals surface area contributed by atoms with Crippen molar-refractivity contribution in [3.63, 3.8) is 0 Å². The maximum absolute atomic E-state index is 6.28. The molecule has 15 heavy (non-hydrogen) atoms. The minimum atomic E-state index is -0.709. The molecular formula is C12H16O3. The van der Waals surface area contributed by atoms with Gasteiger partial charge < -0.3 is 14.2 Å². The van der Waals surface area contributed by atoms with Gasteiger partial charge in [-0.25, -0.2) is 0 Å². The second kappa shape index (κ2) is 2.01. The lowest BCUT2D eigenvalue weighted by Crippen LogP contribution is -2.60. The van der Waals surface area contributed by atoms with Crippen LogP contribution in [0.3, 0.4) is 0 Å². The fourth-order valence-electron chi connectivity index (χ4n) is 5.29. The summed E-state index contributed by atoms with van der Waals surface area (Å²) in [4.78, 5) is 0. The maximum atomic E-state index is 6.28. The molecule has 7 atom stereocenters. The summed E-state index contributed by atoms with van der Waals surface area (Å²) >= 11 is 0. The van der Waals surface area contributed by atoms with Crippen LogP contribution in [0.15, 0.2) is 0 Å². The Kier molecular flexibility index (Phi) is 1.08. The van der Waals surface area contributed by atoms with Crippen LogP contribution in [0.25, 0.3) is 0 Å². The average molecular weight is 208 g/mol.